The van der Waals surface area contributed by atoms with E-state index in [9.17, 15) is 4.79 Å². The second-order valence-electron chi connectivity index (χ2n) is 6.54. The Kier molecular flexibility index (Phi) is 4.71. The Balaban J connectivity index is 1.58. The zero-order chi connectivity index (χ0) is 17.9. The summed E-state index contributed by atoms with van der Waals surface area (Å²) in [5, 5.41) is 7.84. The van der Waals surface area contributed by atoms with Crippen LogP contribution in [0.2, 0.25) is 5.02 Å². The van der Waals surface area contributed by atoms with Crippen molar-refractivity contribution in [2.45, 2.75) is 31.7 Å². The highest BCUT2D eigenvalue weighted by atomic mass is 35.5. The summed E-state index contributed by atoms with van der Waals surface area (Å²) in [7, 11) is 0. The van der Waals surface area contributed by atoms with E-state index in [-0.39, 0.29) is 11.9 Å². The molecule has 1 aliphatic rings. The summed E-state index contributed by atoms with van der Waals surface area (Å²) >= 11 is 6.13. The fourth-order valence-electron chi connectivity index (χ4n) is 3.52. The fourth-order valence-corrected chi connectivity index (χ4v) is 3.69. The number of hydrogen-bond donors (Lipinski definition) is 1. The van der Waals surface area contributed by atoms with Crippen molar-refractivity contribution in [1.82, 2.24) is 20.1 Å². The molecule has 0 saturated heterocycles. The van der Waals surface area contributed by atoms with E-state index >= 15 is 0 Å². The van der Waals surface area contributed by atoms with Crippen LogP contribution in [0.15, 0.2) is 55.1 Å². The zero-order valence-corrected chi connectivity index (χ0v) is 15.0. The third kappa shape index (κ3) is 3.48. The van der Waals surface area contributed by atoms with Gasteiger partial charge in [0.05, 0.1) is 11.3 Å². The number of nitrogens with one attached hydrogen (secondary N) is 1. The Morgan fingerprint density at radius 1 is 1.19 bits per heavy atom. The number of carbonyl (C=O) groups is 1. The number of hydrogen-bond acceptors (Lipinski definition) is 3. The minimum atomic E-state index is -0.137. The lowest BCUT2D eigenvalue weighted by Gasteiger charge is -2.18. The minimum Gasteiger partial charge on any atom is -0.349 e. The Morgan fingerprint density at radius 3 is 2.85 bits per heavy atom. The highest BCUT2D eigenvalue weighted by molar-refractivity contribution is 6.31. The Hall–Kier alpha value is -2.66. The van der Waals surface area contributed by atoms with Crippen molar-refractivity contribution in [2.75, 3.05) is 0 Å². The summed E-state index contributed by atoms with van der Waals surface area (Å²) in [6.07, 6.45) is 6.94. The lowest BCUT2D eigenvalue weighted by Crippen LogP contribution is -2.36. The van der Waals surface area contributed by atoms with Gasteiger partial charge in [-0.1, -0.05) is 35.9 Å². The van der Waals surface area contributed by atoms with Crippen LogP contribution in [0.4, 0.5) is 0 Å². The molecular weight excluding hydrogens is 348 g/mol. The van der Waals surface area contributed by atoms with Gasteiger partial charge in [0.15, 0.2) is 0 Å². The van der Waals surface area contributed by atoms with Gasteiger partial charge in [-0.25, -0.2) is 9.67 Å². The van der Waals surface area contributed by atoms with Crippen LogP contribution < -0.4 is 5.32 Å². The molecule has 0 saturated carbocycles. The number of aryl methyl sites for hydroxylation is 1. The topological polar surface area (TPSA) is 59.8 Å². The molecule has 4 rings (SSSR count). The van der Waals surface area contributed by atoms with Gasteiger partial charge in [0.1, 0.15) is 12.7 Å². The summed E-state index contributed by atoms with van der Waals surface area (Å²) in [6.45, 7) is 0. The van der Waals surface area contributed by atoms with Crippen LogP contribution in [0.25, 0.3) is 5.69 Å². The zero-order valence-electron chi connectivity index (χ0n) is 14.2. The standard InChI is InChI=1S/C20H19ClN4O/c21-16-8-9-19(25-13-22-12-23-25)18(11-16)20(26)24-17-7-3-6-14-4-1-2-5-15(14)10-17/h1-2,4-5,8-9,11-13,17H,3,6-7,10H2,(H,24,26). The van der Waals surface area contributed by atoms with E-state index in [1.165, 1.54) is 17.5 Å². The van der Waals surface area contributed by atoms with Crippen LogP contribution in [-0.4, -0.2) is 26.7 Å². The number of rotatable bonds is 3. The largest absolute Gasteiger partial charge is 0.349 e. The Bertz CT molecular complexity index is 923. The maximum atomic E-state index is 13.0. The molecule has 5 nitrogen and oxygen atoms in total. The summed E-state index contributed by atoms with van der Waals surface area (Å²) in [6, 6.07) is 13.8. The van der Waals surface area contributed by atoms with Gasteiger partial charge in [-0.05, 0) is 55.0 Å². The molecule has 2 aromatic carbocycles. The van der Waals surface area contributed by atoms with Crippen molar-refractivity contribution in [3.05, 3.63) is 76.8 Å². The first-order valence-corrected chi connectivity index (χ1v) is 9.11. The van der Waals surface area contributed by atoms with Crippen molar-refractivity contribution in [1.29, 1.82) is 0 Å². The van der Waals surface area contributed by atoms with Crippen molar-refractivity contribution in [3.8, 4) is 5.69 Å². The van der Waals surface area contributed by atoms with Crippen LogP contribution in [-0.2, 0) is 12.8 Å². The number of nitrogens with zero attached hydrogens (tertiary/aromatic N) is 3. The van der Waals surface area contributed by atoms with E-state index < -0.39 is 0 Å². The average molecular weight is 367 g/mol. The second-order valence-corrected chi connectivity index (χ2v) is 6.97. The summed E-state index contributed by atoms with van der Waals surface area (Å²) < 4.78 is 1.58. The minimum absolute atomic E-state index is 0.105. The van der Waals surface area contributed by atoms with Crippen LogP contribution in [0, 0.1) is 0 Å². The number of carbonyl (C=O) groups excluding carboxylic acids is 1. The third-order valence-corrected chi connectivity index (χ3v) is 5.02. The monoisotopic (exact) mass is 366 g/mol. The predicted octanol–water partition coefficient (Wildman–Crippen LogP) is 3.60. The normalized spacial score (nSPS) is 16.6. The average Bonchev–Trinajstić information content (AvgIpc) is 3.09. The van der Waals surface area contributed by atoms with Crippen molar-refractivity contribution < 1.29 is 4.79 Å². The molecule has 3 aromatic rings. The van der Waals surface area contributed by atoms with Gasteiger partial charge in [0.25, 0.3) is 5.91 Å². The molecule has 0 spiro atoms. The second kappa shape index (κ2) is 7.30. The first-order valence-electron chi connectivity index (χ1n) is 8.73. The lowest BCUT2D eigenvalue weighted by atomic mass is 10.0. The lowest BCUT2D eigenvalue weighted by molar-refractivity contribution is 0.0935. The van der Waals surface area contributed by atoms with E-state index in [0.29, 0.717) is 16.3 Å². The summed E-state index contributed by atoms with van der Waals surface area (Å²) in [5.41, 5.74) is 3.87. The maximum Gasteiger partial charge on any atom is 0.253 e. The van der Waals surface area contributed by atoms with Gasteiger partial charge in [0.2, 0.25) is 0 Å². The van der Waals surface area contributed by atoms with E-state index in [1.807, 2.05) is 0 Å². The van der Waals surface area contributed by atoms with Crippen molar-refractivity contribution in [2.24, 2.45) is 0 Å². The quantitative estimate of drug-likeness (QED) is 0.720. The number of benzene rings is 2. The number of amides is 1. The SMILES string of the molecule is O=C(NC1CCCc2ccccc2C1)c1cc(Cl)ccc1-n1cncn1. The van der Waals surface area contributed by atoms with Gasteiger partial charge in [-0.15, -0.1) is 0 Å². The van der Waals surface area contributed by atoms with Gasteiger partial charge in [-0.3, -0.25) is 4.79 Å². The first-order chi connectivity index (χ1) is 12.7. The molecule has 1 atom stereocenters. The molecule has 1 aliphatic carbocycles. The van der Waals surface area contributed by atoms with E-state index in [2.05, 4.69) is 39.7 Å². The van der Waals surface area contributed by atoms with Gasteiger partial charge >= 0.3 is 0 Å². The van der Waals surface area contributed by atoms with Gasteiger partial charge in [0, 0.05) is 11.1 Å². The van der Waals surface area contributed by atoms with Crippen LogP contribution in [0.3, 0.4) is 0 Å². The van der Waals surface area contributed by atoms with Crippen LogP contribution >= 0.6 is 11.6 Å². The smallest absolute Gasteiger partial charge is 0.253 e. The fraction of sp³-hybridized carbons (Fsp3) is 0.250. The highest BCUT2D eigenvalue weighted by Gasteiger charge is 2.21. The van der Waals surface area contributed by atoms with Crippen molar-refractivity contribution >= 4 is 17.5 Å². The molecule has 0 fully saturated rings. The van der Waals surface area contributed by atoms with E-state index in [1.54, 1.807) is 29.2 Å². The molecule has 1 N–H and O–H groups in total. The third-order valence-electron chi connectivity index (χ3n) is 4.79. The molecule has 1 aromatic heterocycles. The molecule has 0 bridgehead atoms. The summed E-state index contributed by atoms with van der Waals surface area (Å²) in [5.74, 6) is -0.137. The molecular formula is C20H19ClN4O. The number of aromatic nitrogens is 3. The molecule has 0 aliphatic heterocycles. The Labute approximate surface area is 157 Å². The van der Waals surface area contributed by atoms with Crippen molar-refractivity contribution in [3.63, 3.8) is 0 Å². The van der Waals surface area contributed by atoms with E-state index in [0.717, 1.165) is 25.7 Å². The molecule has 1 heterocycles. The van der Waals surface area contributed by atoms with Crippen LogP contribution in [0.1, 0.15) is 34.3 Å². The molecule has 6 heteroatoms. The highest BCUT2D eigenvalue weighted by Crippen LogP contribution is 2.23. The summed E-state index contributed by atoms with van der Waals surface area (Å²) in [4.78, 5) is 16.9. The van der Waals surface area contributed by atoms with Gasteiger partial charge in [-0.2, -0.15) is 5.10 Å². The predicted molar refractivity (Wildman–Crippen MR) is 101 cm³/mol. The maximum absolute atomic E-state index is 13.0. The molecule has 1 unspecified atom stereocenters. The molecule has 132 valence electrons. The van der Waals surface area contributed by atoms with Crippen LogP contribution in [0.5, 0.6) is 0 Å². The molecule has 1 amide bonds. The number of halogens is 1. The van der Waals surface area contributed by atoms with Gasteiger partial charge < -0.3 is 5.32 Å². The molecule has 26 heavy (non-hydrogen) atoms. The first kappa shape index (κ1) is 16.8. The van der Waals surface area contributed by atoms with E-state index in [4.69, 9.17) is 11.6 Å². The molecule has 0 radical (unpaired) electrons. The number of fused-ring (bicyclic) bond motifs is 1. The Morgan fingerprint density at radius 2 is 2.04 bits per heavy atom.